The lowest BCUT2D eigenvalue weighted by molar-refractivity contribution is 0.102. The van der Waals surface area contributed by atoms with E-state index in [1.165, 1.54) is 12.3 Å². The average Bonchev–Trinajstić information content (AvgIpc) is 2.54. The van der Waals surface area contributed by atoms with Gasteiger partial charge in [-0.15, -0.1) is 0 Å². The summed E-state index contributed by atoms with van der Waals surface area (Å²) >= 11 is 0. The molecule has 1 aromatic carbocycles. The minimum atomic E-state index is -0.403. The van der Waals surface area contributed by atoms with Crippen molar-refractivity contribution >= 4 is 11.6 Å². The summed E-state index contributed by atoms with van der Waals surface area (Å²) < 4.78 is 0. The van der Waals surface area contributed by atoms with Crippen LogP contribution in [0.3, 0.4) is 0 Å². The van der Waals surface area contributed by atoms with Crippen LogP contribution in [0.2, 0.25) is 0 Å². The van der Waals surface area contributed by atoms with Gasteiger partial charge < -0.3 is 10.4 Å². The van der Waals surface area contributed by atoms with Gasteiger partial charge in [-0.25, -0.2) is 4.98 Å². The number of pyridine rings is 1. The minimum absolute atomic E-state index is 0.220. The number of aromatic nitrogens is 1. The number of amides is 1. The Labute approximate surface area is 121 Å². The molecule has 1 aromatic heterocycles. The maximum Gasteiger partial charge on any atom is 0.274 e. The number of aliphatic hydroxyl groups excluding tert-OH is 1. The summed E-state index contributed by atoms with van der Waals surface area (Å²) in [6.07, 6.45) is 1.45. The molecule has 1 heterocycles. The number of nitrogens with one attached hydrogen (secondary N) is 1. The largest absolute Gasteiger partial charge is 0.384 e. The van der Waals surface area contributed by atoms with Gasteiger partial charge in [0.15, 0.2) is 0 Å². The highest BCUT2D eigenvalue weighted by molar-refractivity contribution is 6.03. The first-order valence-corrected chi connectivity index (χ1v) is 6.11. The lowest BCUT2D eigenvalue weighted by Crippen LogP contribution is -2.14. The highest BCUT2D eigenvalue weighted by Crippen LogP contribution is 2.14. The van der Waals surface area contributed by atoms with Gasteiger partial charge in [-0.2, -0.15) is 5.26 Å². The van der Waals surface area contributed by atoms with Crippen molar-refractivity contribution in [1.29, 1.82) is 5.26 Å². The van der Waals surface area contributed by atoms with E-state index in [1.807, 2.05) is 6.07 Å². The van der Waals surface area contributed by atoms with Crippen LogP contribution in [0.1, 0.15) is 21.6 Å². The molecule has 5 heteroatoms. The molecule has 0 bridgehead atoms. The van der Waals surface area contributed by atoms with E-state index >= 15 is 0 Å². The molecule has 0 aliphatic heterocycles. The Hall–Kier alpha value is -3.15. The Kier molecular flexibility index (Phi) is 4.66. The number of nitriles is 1. The van der Waals surface area contributed by atoms with Gasteiger partial charge in [0.2, 0.25) is 0 Å². The maximum atomic E-state index is 12.0. The molecule has 0 unspecified atom stereocenters. The number of rotatable bonds is 2. The molecule has 0 fully saturated rings. The van der Waals surface area contributed by atoms with E-state index in [2.05, 4.69) is 22.1 Å². The Morgan fingerprint density at radius 3 is 2.76 bits per heavy atom. The predicted molar refractivity (Wildman–Crippen MR) is 77.3 cm³/mol. The summed E-state index contributed by atoms with van der Waals surface area (Å²) in [7, 11) is 0. The zero-order valence-corrected chi connectivity index (χ0v) is 11.0. The SMILES string of the molecule is N#Cc1ccccc1NC(=O)c1ccc(C#CCO)cn1. The molecule has 0 radical (unpaired) electrons. The molecule has 2 N–H and O–H groups in total. The number of anilines is 1. The molecule has 21 heavy (non-hydrogen) atoms. The normalized spacial score (nSPS) is 9.14. The standard InChI is InChI=1S/C16H11N3O2/c17-10-13-5-1-2-6-14(13)19-16(21)15-8-7-12(11-18-15)4-3-9-20/h1-2,5-8,11,20H,9H2,(H,19,21). The summed E-state index contributed by atoms with van der Waals surface area (Å²) in [5, 5.41) is 20.2. The minimum Gasteiger partial charge on any atom is -0.384 e. The van der Waals surface area contributed by atoms with E-state index in [9.17, 15) is 4.79 Å². The fourth-order valence-corrected chi connectivity index (χ4v) is 1.62. The molecule has 0 saturated heterocycles. The van der Waals surface area contributed by atoms with Gasteiger partial charge in [-0.3, -0.25) is 4.79 Å². The average molecular weight is 277 g/mol. The van der Waals surface area contributed by atoms with Crippen LogP contribution in [0.25, 0.3) is 0 Å². The van der Waals surface area contributed by atoms with E-state index < -0.39 is 5.91 Å². The first-order chi connectivity index (χ1) is 10.2. The van der Waals surface area contributed by atoms with Crippen LogP contribution in [0.4, 0.5) is 5.69 Å². The third-order valence-corrected chi connectivity index (χ3v) is 2.60. The van der Waals surface area contributed by atoms with Gasteiger partial charge in [-0.05, 0) is 24.3 Å². The van der Waals surface area contributed by atoms with Gasteiger partial charge in [0.05, 0.1) is 11.3 Å². The molecule has 0 aliphatic rings. The van der Waals surface area contributed by atoms with Gasteiger partial charge in [0, 0.05) is 11.8 Å². The summed E-state index contributed by atoms with van der Waals surface area (Å²) in [4.78, 5) is 16.1. The smallest absolute Gasteiger partial charge is 0.274 e. The molecule has 0 saturated carbocycles. The van der Waals surface area contributed by atoms with Crippen molar-refractivity contribution < 1.29 is 9.90 Å². The number of carbonyl (C=O) groups is 1. The Morgan fingerprint density at radius 2 is 2.10 bits per heavy atom. The van der Waals surface area contributed by atoms with Crippen LogP contribution in [0.15, 0.2) is 42.6 Å². The number of para-hydroxylation sites is 1. The van der Waals surface area contributed by atoms with Crippen molar-refractivity contribution in [3.63, 3.8) is 0 Å². The Bertz CT molecular complexity index is 750. The number of carbonyl (C=O) groups excluding carboxylic acids is 1. The highest BCUT2D eigenvalue weighted by atomic mass is 16.2. The number of aliphatic hydroxyl groups is 1. The third kappa shape index (κ3) is 3.66. The second kappa shape index (κ2) is 6.85. The summed E-state index contributed by atoms with van der Waals surface area (Å²) in [5.74, 6) is 4.78. The fraction of sp³-hybridized carbons (Fsp3) is 0.0625. The van der Waals surface area contributed by atoms with Crippen LogP contribution >= 0.6 is 0 Å². The molecule has 102 valence electrons. The summed E-state index contributed by atoms with van der Waals surface area (Å²) in [5.41, 5.74) is 1.66. The topological polar surface area (TPSA) is 86.0 Å². The Morgan fingerprint density at radius 1 is 1.29 bits per heavy atom. The molecule has 2 rings (SSSR count). The van der Waals surface area contributed by atoms with Crippen LogP contribution in [0, 0.1) is 23.2 Å². The van der Waals surface area contributed by atoms with Gasteiger partial charge in [-0.1, -0.05) is 24.0 Å². The van der Waals surface area contributed by atoms with Gasteiger partial charge in [0.1, 0.15) is 18.4 Å². The van der Waals surface area contributed by atoms with Crippen LogP contribution < -0.4 is 5.32 Å². The van der Waals surface area contributed by atoms with Crippen molar-refractivity contribution in [3.8, 4) is 17.9 Å². The quantitative estimate of drug-likeness (QED) is 0.815. The highest BCUT2D eigenvalue weighted by Gasteiger charge is 2.09. The number of nitrogens with zero attached hydrogens (tertiary/aromatic N) is 2. The Balaban J connectivity index is 2.15. The zero-order valence-electron chi connectivity index (χ0n) is 11.0. The van der Waals surface area contributed by atoms with E-state index in [1.54, 1.807) is 30.3 Å². The van der Waals surface area contributed by atoms with Crippen LogP contribution in [-0.2, 0) is 0 Å². The maximum absolute atomic E-state index is 12.0. The molecule has 0 spiro atoms. The molecular weight excluding hydrogens is 266 g/mol. The first-order valence-electron chi connectivity index (χ1n) is 6.11. The van der Waals surface area contributed by atoms with E-state index in [0.717, 1.165) is 0 Å². The molecule has 2 aromatic rings. The van der Waals surface area contributed by atoms with Crippen LogP contribution in [-0.4, -0.2) is 22.6 Å². The van der Waals surface area contributed by atoms with Crippen molar-refractivity contribution in [2.24, 2.45) is 0 Å². The fourth-order valence-electron chi connectivity index (χ4n) is 1.62. The zero-order chi connectivity index (χ0) is 15.1. The van der Waals surface area contributed by atoms with Crippen molar-refractivity contribution in [2.75, 3.05) is 11.9 Å². The second-order valence-electron chi connectivity index (χ2n) is 4.00. The molecule has 0 atom stereocenters. The molecule has 0 aliphatic carbocycles. The number of hydrogen-bond acceptors (Lipinski definition) is 4. The third-order valence-electron chi connectivity index (χ3n) is 2.60. The lowest BCUT2D eigenvalue weighted by atomic mass is 10.2. The molecule has 5 nitrogen and oxygen atoms in total. The van der Waals surface area contributed by atoms with Crippen molar-refractivity contribution in [3.05, 3.63) is 59.4 Å². The second-order valence-corrected chi connectivity index (χ2v) is 4.00. The summed E-state index contributed by atoms with van der Waals surface area (Å²) in [6.45, 7) is -0.229. The molecule has 1 amide bonds. The summed E-state index contributed by atoms with van der Waals surface area (Å²) in [6, 6.07) is 11.9. The molecular formula is C16H11N3O2. The van der Waals surface area contributed by atoms with Crippen molar-refractivity contribution in [1.82, 2.24) is 4.98 Å². The van der Waals surface area contributed by atoms with Crippen LogP contribution in [0.5, 0.6) is 0 Å². The van der Waals surface area contributed by atoms with E-state index in [-0.39, 0.29) is 12.3 Å². The van der Waals surface area contributed by atoms with Gasteiger partial charge in [0.25, 0.3) is 5.91 Å². The predicted octanol–water partition coefficient (Wildman–Crippen LogP) is 1.55. The van der Waals surface area contributed by atoms with Gasteiger partial charge >= 0.3 is 0 Å². The number of benzene rings is 1. The first kappa shape index (κ1) is 14.3. The van der Waals surface area contributed by atoms with E-state index in [0.29, 0.717) is 16.8 Å². The van der Waals surface area contributed by atoms with Crippen molar-refractivity contribution in [2.45, 2.75) is 0 Å². The lowest BCUT2D eigenvalue weighted by Gasteiger charge is -2.06. The number of hydrogen-bond donors (Lipinski definition) is 2. The monoisotopic (exact) mass is 277 g/mol. The van der Waals surface area contributed by atoms with E-state index in [4.69, 9.17) is 10.4 Å².